The Morgan fingerprint density at radius 1 is 0.256 bits per heavy atom. The molecule has 6 nitrogen and oxygen atoms in total. The maximum absolute atomic E-state index is 12.9. The summed E-state index contributed by atoms with van der Waals surface area (Å²) in [5.41, 5.74) is 0. The van der Waals surface area contributed by atoms with Crippen LogP contribution in [0.25, 0.3) is 0 Å². The smallest absolute Gasteiger partial charge is 0.306 e. The van der Waals surface area contributed by atoms with E-state index in [1.54, 1.807) is 0 Å². The minimum absolute atomic E-state index is 0.0949. The molecule has 0 radical (unpaired) electrons. The molecule has 0 aromatic carbocycles. The number of esters is 3. The topological polar surface area (TPSA) is 78.9 Å². The van der Waals surface area contributed by atoms with Gasteiger partial charge in [0, 0.05) is 19.3 Å². The van der Waals surface area contributed by atoms with Gasteiger partial charge >= 0.3 is 17.9 Å². The van der Waals surface area contributed by atoms with Gasteiger partial charge in [-0.15, -0.1) is 0 Å². The van der Waals surface area contributed by atoms with Crippen molar-refractivity contribution in [3.63, 3.8) is 0 Å². The molecule has 1 atom stereocenters. The molecule has 0 heterocycles. The van der Waals surface area contributed by atoms with Gasteiger partial charge in [0.25, 0.3) is 0 Å². The van der Waals surface area contributed by atoms with E-state index in [4.69, 9.17) is 14.2 Å². The number of carbonyl (C=O) groups excluding carboxylic acids is 3. The number of rotatable bonds is 60. The van der Waals surface area contributed by atoms with E-state index >= 15 is 0 Å². The lowest BCUT2D eigenvalue weighted by atomic mass is 10.1. The molecule has 1 unspecified atom stereocenters. The van der Waals surface area contributed by atoms with Crippen LogP contribution in [0.3, 0.4) is 0 Å². The van der Waals surface area contributed by atoms with Crippen molar-refractivity contribution in [3.05, 3.63) is 146 Å². The molecule has 0 bridgehead atoms. The third-order valence-electron chi connectivity index (χ3n) is 14.1. The maximum Gasteiger partial charge on any atom is 0.306 e. The molecule has 6 heteroatoms. The fraction of sp³-hybridized carbons (Fsp3) is 0.645. The number of hydrogen-bond donors (Lipinski definition) is 0. The number of hydrogen-bond acceptors (Lipinski definition) is 6. The summed E-state index contributed by atoms with van der Waals surface area (Å²) in [5, 5.41) is 0. The van der Waals surface area contributed by atoms with Crippen molar-refractivity contribution in [3.8, 4) is 0 Å². The highest BCUT2D eigenvalue weighted by atomic mass is 16.6. The molecule has 0 spiro atoms. The van der Waals surface area contributed by atoms with Crippen LogP contribution in [-0.2, 0) is 28.6 Å². The van der Waals surface area contributed by atoms with Crippen LogP contribution in [0.5, 0.6) is 0 Å². The Labute approximate surface area is 506 Å². The SMILES string of the molecule is CC/C=C\C/C=C\C/C=C\C/C=C\C/C=C\C/C=C\CCCCCCCCCCCCC(=O)OCC(COC(=O)CCCCCCC/C=C\CCCCCCC)OC(=O)CCCCCCC/C=C\C/C=C\C/C=C\C/C=C\C/C=C\CC. The van der Waals surface area contributed by atoms with E-state index in [0.29, 0.717) is 19.3 Å². The van der Waals surface area contributed by atoms with E-state index in [0.717, 1.165) is 161 Å². The van der Waals surface area contributed by atoms with Gasteiger partial charge < -0.3 is 14.2 Å². The van der Waals surface area contributed by atoms with Crippen LogP contribution in [0.2, 0.25) is 0 Å². The summed E-state index contributed by atoms with van der Waals surface area (Å²) in [5.74, 6) is -0.923. The summed E-state index contributed by atoms with van der Waals surface area (Å²) in [6, 6.07) is 0. The van der Waals surface area contributed by atoms with Crippen LogP contribution in [0.15, 0.2) is 146 Å². The van der Waals surface area contributed by atoms with E-state index in [2.05, 4.69) is 167 Å². The predicted octanol–water partition coefficient (Wildman–Crippen LogP) is 23.5. The molecule has 0 N–H and O–H groups in total. The summed E-state index contributed by atoms with van der Waals surface area (Å²) in [6.45, 7) is 6.39. The van der Waals surface area contributed by atoms with Gasteiger partial charge in [-0.25, -0.2) is 0 Å². The zero-order chi connectivity index (χ0) is 59.2. The maximum atomic E-state index is 12.9. The number of carbonyl (C=O) groups is 3. The highest BCUT2D eigenvalue weighted by Gasteiger charge is 2.19. The average molecular weight is 1130 g/mol. The van der Waals surface area contributed by atoms with Gasteiger partial charge in [0.2, 0.25) is 0 Å². The Hall–Kier alpha value is -4.71. The molecular weight excluding hydrogens is 1010 g/mol. The lowest BCUT2D eigenvalue weighted by Crippen LogP contribution is -2.30. The van der Waals surface area contributed by atoms with Gasteiger partial charge in [-0.1, -0.05) is 282 Å². The van der Waals surface area contributed by atoms with Gasteiger partial charge in [-0.2, -0.15) is 0 Å². The lowest BCUT2D eigenvalue weighted by Gasteiger charge is -2.18. The Morgan fingerprint density at radius 3 is 0.756 bits per heavy atom. The quantitative estimate of drug-likeness (QED) is 0.0261. The summed E-state index contributed by atoms with van der Waals surface area (Å²) < 4.78 is 16.9. The molecule has 0 aliphatic rings. The number of unbranched alkanes of at least 4 members (excludes halogenated alkanes) is 25. The molecule has 0 aliphatic heterocycles. The van der Waals surface area contributed by atoms with Gasteiger partial charge in [0.1, 0.15) is 13.2 Å². The average Bonchev–Trinajstić information content (AvgIpc) is 3.47. The van der Waals surface area contributed by atoms with Crippen LogP contribution >= 0.6 is 0 Å². The first-order valence-corrected chi connectivity index (χ1v) is 33.8. The highest BCUT2D eigenvalue weighted by Crippen LogP contribution is 2.15. The van der Waals surface area contributed by atoms with E-state index in [-0.39, 0.29) is 31.1 Å². The lowest BCUT2D eigenvalue weighted by molar-refractivity contribution is -0.167. The molecule has 0 aliphatic carbocycles. The van der Waals surface area contributed by atoms with Crippen molar-refractivity contribution < 1.29 is 28.6 Å². The molecule has 464 valence electrons. The van der Waals surface area contributed by atoms with Crippen LogP contribution in [0.4, 0.5) is 0 Å². The summed E-state index contributed by atoms with van der Waals surface area (Å²) in [6.07, 6.45) is 98.5. The van der Waals surface area contributed by atoms with Crippen molar-refractivity contribution in [2.45, 2.75) is 303 Å². The molecule has 82 heavy (non-hydrogen) atoms. The van der Waals surface area contributed by atoms with E-state index in [9.17, 15) is 14.4 Å². The minimum Gasteiger partial charge on any atom is -0.462 e. The van der Waals surface area contributed by atoms with Gasteiger partial charge in [-0.3, -0.25) is 14.4 Å². The Bertz CT molecular complexity index is 1780. The second kappa shape index (κ2) is 68.8. The van der Waals surface area contributed by atoms with Gasteiger partial charge in [0.05, 0.1) is 0 Å². The second-order valence-electron chi connectivity index (χ2n) is 22.0. The van der Waals surface area contributed by atoms with Crippen LogP contribution in [-0.4, -0.2) is 37.2 Å². The largest absolute Gasteiger partial charge is 0.462 e. The molecule has 0 aromatic heterocycles. The van der Waals surface area contributed by atoms with Crippen molar-refractivity contribution in [2.24, 2.45) is 0 Å². The molecular formula is C76H124O6. The molecule has 0 saturated carbocycles. The van der Waals surface area contributed by atoms with E-state index in [1.165, 1.54) is 96.3 Å². The van der Waals surface area contributed by atoms with Gasteiger partial charge in [0.15, 0.2) is 6.10 Å². The van der Waals surface area contributed by atoms with Crippen molar-refractivity contribution >= 4 is 17.9 Å². The van der Waals surface area contributed by atoms with E-state index < -0.39 is 6.10 Å². The normalized spacial score (nSPS) is 13.1. The summed E-state index contributed by atoms with van der Waals surface area (Å²) >= 11 is 0. The number of allylic oxidation sites excluding steroid dienone is 24. The standard InChI is InChI=1S/C76H124O6/c1-4-7-10-13-16-19-22-25-28-30-32-34-35-36-37-38-39-40-41-43-44-46-48-51-54-57-60-63-66-69-75(78)81-72-73(71-80-74(77)68-65-62-59-56-53-50-27-24-21-18-15-12-9-6-3)82-76(79)70-67-64-61-58-55-52-49-47-45-42-33-31-29-26-23-20-17-14-11-8-5-2/h7-8,10-11,16-17,19-20,24-29,32-34,36-37,39-40,42,47,49,73H,4-6,9,12-15,18,21-23,30-31,35,38,41,43-46,48,50-72H2,1-3H3/b10-7-,11-8-,19-16-,20-17-,27-24-,28-25-,29-26-,34-32-,37-36-,40-39-,42-33-,49-47-. The molecule has 0 amide bonds. The van der Waals surface area contributed by atoms with Crippen LogP contribution in [0, 0.1) is 0 Å². The first-order chi connectivity index (χ1) is 40.5. The fourth-order valence-corrected chi connectivity index (χ4v) is 9.06. The molecule has 0 fully saturated rings. The fourth-order valence-electron chi connectivity index (χ4n) is 9.06. The van der Waals surface area contributed by atoms with Crippen molar-refractivity contribution in [1.29, 1.82) is 0 Å². The minimum atomic E-state index is -0.801. The van der Waals surface area contributed by atoms with Crippen molar-refractivity contribution in [1.82, 2.24) is 0 Å². The monoisotopic (exact) mass is 1130 g/mol. The summed E-state index contributed by atoms with van der Waals surface area (Å²) in [7, 11) is 0. The van der Waals surface area contributed by atoms with Crippen LogP contribution in [0.1, 0.15) is 297 Å². The van der Waals surface area contributed by atoms with Crippen LogP contribution < -0.4 is 0 Å². The second-order valence-corrected chi connectivity index (χ2v) is 22.0. The first kappa shape index (κ1) is 77.3. The Morgan fingerprint density at radius 2 is 0.476 bits per heavy atom. The first-order valence-electron chi connectivity index (χ1n) is 33.8. The zero-order valence-electron chi connectivity index (χ0n) is 53.2. The van der Waals surface area contributed by atoms with Crippen molar-refractivity contribution in [2.75, 3.05) is 13.2 Å². The Kier molecular flexibility index (Phi) is 64.8. The summed E-state index contributed by atoms with van der Waals surface area (Å²) in [4.78, 5) is 38.4. The predicted molar refractivity (Wildman–Crippen MR) is 357 cm³/mol. The van der Waals surface area contributed by atoms with Gasteiger partial charge in [-0.05, 0) is 141 Å². The highest BCUT2D eigenvalue weighted by molar-refractivity contribution is 5.71. The molecule has 0 aromatic rings. The molecule has 0 rings (SSSR count). The zero-order valence-corrected chi connectivity index (χ0v) is 53.2. The third-order valence-corrected chi connectivity index (χ3v) is 14.1. The van der Waals surface area contributed by atoms with E-state index in [1.807, 2.05) is 0 Å². The molecule has 0 saturated heterocycles. The third kappa shape index (κ3) is 66.1. The Balaban J connectivity index is 4.38. The number of ether oxygens (including phenoxy) is 3.